The number of benzene rings is 2. The molecular weight excluding hydrogens is 462 g/mol. The van der Waals surface area contributed by atoms with Crippen molar-refractivity contribution in [3.05, 3.63) is 65.7 Å². The van der Waals surface area contributed by atoms with E-state index in [0.29, 0.717) is 36.9 Å². The topological polar surface area (TPSA) is 87.7 Å². The number of carbonyl (C=O) groups excluding carboxylic acids is 1. The number of methoxy groups -OCH3 is 1. The molecule has 8 heteroatoms. The van der Waals surface area contributed by atoms with Crippen LogP contribution in [0.1, 0.15) is 61.4 Å². The summed E-state index contributed by atoms with van der Waals surface area (Å²) in [6.07, 6.45) is 4.84. The number of rotatable bonds is 8. The van der Waals surface area contributed by atoms with Crippen molar-refractivity contribution in [3.8, 4) is 5.75 Å². The highest BCUT2D eigenvalue weighted by molar-refractivity contribution is 7.87. The molecule has 2 aromatic rings. The summed E-state index contributed by atoms with van der Waals surface area (Å²) in [5, 5.41) is 3.14. The highest BCUT2D eigenvalue weighted by Crippen LogP contribution is 2.39. The van der Waals surface area contributed by atoms with E-state index in [1.54, 1.807) is 23.5 Å². The van der Waals surface area contributed by atoms with Crippen molar-refractivity contribution < 1.29 is 17.9 Å². The smallest absolute Gasteiger partial charge is 0.279 e. The first-order valence-corrected chi connectivity index (χ1v) is 14.0. The highest BCUT2D eigenvalue weighted by atomic mass is 32.2. The number of para-hydroxylation sites is 1. The third-order valence-electron chi connectivity index (χ3n) is 7.67. The van der Waals surface area contributed by atoms with Gasteiger partial charge in [-0.1, -0.05) is 49.4 Å². The van der Waals surface area contributed by atoms with Crippen molar-refractivity contribution in [3.63, 3.8) is 0 Å². The summed E-state index contributed by atoms with van der Waals surface area (Å²) in [6.45, 7) is 3.84. The molecule has 0 bridgehead atoms. The zero-order valence-electron chi connectivity index (χ0n) is 20.7. The first kappa shape index (κ1) is 25.7. The van der Waals surface area contributed by atoms with E-state index >= 15 is 0 Å². The number of amides is 1. The normalized spacial score (nSPS) is 24.1. The summed E-state index contributed by atoms with van der Waals surface area (Å²) in [5.41, 5.74) is 1.43. The lowest BCUT2D eigenvalue weighted by Gasteiger charge is -2.41. The Kier molecular flexibility index (Phi) is 8.14. The molecule has 2 N–H and O–H groups in total. The van der Waals surface area contributed by atoms with Gasteiger partial charge in [-0.2, -0.15) is 17.4 Å². The Morgan fingerprint density at radius 3 is 2.29 bits per heavy atom. The molecular formula is C27H37N3O4S. The number of nitrogens with one attached hydrogen (secondary N) is 2. The highest BCUT2D eigenvalue weighted by Gasteiger charge is 2.39. The maximum atomic E-state index is 13.0. The number of hydrogen-bond donors (Lipinski definition) is 2. The minimum absolute atomic E-state index is 0.0962. The van der Waals surface area contributed by atoms with Crippen LogP contribution in [0.15, 0.2) is 54.6 Å². The molecule has 0 spiro atoms. The number of ether oxygens (including phenoxy) is 1. The Balaban J connectivity index is 1.44. The van der Waals surface area contributed by atoms with Gasteiger partial charge in [-0.3, -0.25) is 4.79 Å². The summed E-state index contributed by atoms with van der Waals surface area (Å²) >= 11 is 0. The molecule has 35 heavy (non-hydrogen) atoms. The Hall–Kier alpha value is -2.42. The van der Waals surface area contributed by atoms with Gasteiger partial charge >= 0.3 is 0 Å². The van der Waals surface area contributed by atoms with E-state index in [4.69, 9.17) is 4.74 Å². The van der Waals surface area contributed by atoms with Crippen molar-refractivity contribution in [2.24, 2.45) is 5.92 Å². The van der Waals surface area contributed by atoms with E-state index in [9.17, 15) is 13.2 Å². The number of nitrogens with zero attached hydrogens (tertiary/aromatic N) is 1. The Morgan fingerprint density at radius 2 is 1.63 bits per heavy atom. The van der Waals surface area contributed by atoms with Gasteiger partial charge in [0.2, 0.25) is 0 Å². The maximum Gasteiger partial charge on any atom is 0.279 e. The Bertz CT molecular complexity index is 1090. The number of piperidine rings is 1. The monoisotopic (exact) mass is 499 g/mol. The lowest BCUT2D eigenvalue weighted by atomic mass is 9.68. The van der Waals surface area contributed by atoms with Crippen LogP contribution in [0.3, 0.4) is 0 Å². The van der Waals surface area contributed by atoms with E-state index in [1.807, 2.05) is 30.3 Å². The molecule has 4 rings (SSSR count). The largest absolute Gasteiger partial charge is 0.496 e. The van der Waals surface area contributed by atoms with E-state index < -0.39 is 10.2 Å². The van der Waals surface area contributed by atoms with Gasteiger partial charge in [0.25, 0.3) is 16.1 Å². The quantitative estimate of drug-likeness (QED) is 0.577. The second-order valence-electron chi connectivity index (χ2n) is 10.0. The van der Waals surface area contributed by atoms with E-state index in [-0.39, 0.29) is 17.4 Å². The third-order valence-corrected chi connectivity index (χ3v) is 9.34. The average Bonchev–Trinajstić information content (AvgIpc) is 2.89. The second kappa shape index (κ2) is 11.1. The van der Waals surface area contributed by atoms with Crippen LogP contribution in [0.2, 0.25) is 0 Å². The number of hydrogen-bond acceptors (Lipinski definition) is 4. The summed E-state index contributed by atoms with van der Waals surface area (Å²) in [4.78, 5) is 13.0. The molecule has 0 aromatic heterocycles. The molecule has 1 aliphatic carbocycles. The van der Waals surface area contributed by atoms with Crippen LogP contribution in [0.25, 0.3) is 0 Å². The summed E-state index contributed by atoms with van der Waals surface area (Å²) < 4.78 is 35.9. The average molecular weight is 500 g/mol. The molecule has 2 fully saturated rings. The SMILES string of the molecule is COc1ccccc1C(=O)NC[C@]1(c2ccccc2)CC[C@H](NS(=O)(=O)N2CCC(C)CC2)CC1. The zero-order chi connectivity index (χ0) is 24.9. The predicted molar refractivity (Wildman–Crippen MR) is 138 cm³/mol. The minimum atomic E-state index is -3.48. The molecule has 1 saturated heterocycles. The molecule has 0 atom stereocenters. The summed E-state index contributed by atoms with van der Waals surface area (Å²) in [7, 11) is -1.92. The van der Waals surface area contributed by atoms with Crippen molar-refractivity contribution in [2.45, 2.75) is 56.9 Å². The molecule has 7 nitrogen and oxygen atoms in total. The first-order chi connectivity index (χ1) is 16.8. The fraction of sp³-hybridized carbons (Fsp3) is 0.519. The first-order valence-electron chi connectivity index (χ1n) is 12.6. The third kappa shape index (κ3) is 6.05. The van der Waals surface area contributed by atoms with Gasteiger partial charge < -0.3 is 10.1 Å². The van der Waals surface area contributed by atoms with Gasteiger partial charge in [-0.25, -0.2) is 0 Å². The Labute approximate surface area is 209 Å². The molecule has 0 unspecified atom stereocenters. The standard InChI is InChI=1S/C27H37N3O4S/c1-21-14-18-30(19-15-21)35(32,33)29-23-12-16-27(17-13-23,22-8-4-3-5-9-22)20-28-26(31)24-10-6-7-11-25(24)34-2/h3-11,21,23,29H,12-20H2,1-2H3,(H,28,31)/t23-,27-. The van der Waals surface area contributed by atoms with Crippen molar-refractivity contribution in [1.29, 1.82) is 0 Å². The van der Waals surface area contributed by atoms with Crippen molar-refractivity contribution >= 4 is 16.1 Å². The van der Waals surface area contributed by atoms with Gasteiger partial charge in [-0.05, 0) is 62.1 Å². The second-order valence-corrected chi connectivity index (χ2v) is 11.7. The van der Waals surface area contributed by atoms with Gasteiger partial charge in [-0.15, -0.1) is 0 Å². The minimum Gasteiger partial charge on any atom is -0.496 e. The van der Waals surface area contributed by atoms with Crippen LogP contribution < -0.4 is 14.8 Å². The van der Waals surface area contributed by atoms with E-state index in [2.05, 4.69) is 29.1 Å². The van der Waals surface area contributed by atoms with Gasteiger partial charge in [0.05, 0.1) is 12.7 Å². The zero-order valence-corrected chi connectivity index (χ0v) is 21.5. The molecule has 1 aliphatic heterocycles. The van der Waals surface area contributed by atoms with Gasteiger partial charge in [0.1, 0.15) is 5.75 Å². The van der Waals surface area contributed by atoms with Crippen LogP contribution in [0.4, 0.5) is 0 Å². The molecule has 1 saturated carbocycles. The van der Waals surface area contributed by atoms with E-state index in [1.165, 1.54) is 5.56 Å². The summed E-state index contributed by atoms with van der Waals surface area (Å²) in [5.74, 6) is 0.956. The van der Waals surface area contributed by atoms with Crippen LogP contribution >= 0.6 is 0 Å². The number of carbonyl (C=O) groups is 1. The van der Waals surface area contributed by atoms with Crippen LogP contribution in [-0.4, -0.2) is 51.4 Å². The van der Waals surface area contributed by atoms with Gasteiger partial charge in [0, 0.05) is 31.1 Å². The summed E-state index contributed by atoms with van der Waals surface area (Å²) in [6, 6.07) is 17.3. The van der Waals surface area contributed by atoms with Crippen molar-refractivity contribution in [2.75, 3.05) is 26.7 Å². The van der Waals surface area contributed by atoms with Crippen LogP contribution in [-0.2, 0) is 15.6 Å². The molecule has 190 valence electrons. The lowest BCUT2D eigenvalue weighted by molar-refractivity contribution is 0.0932. The lowest BCUT2D eigenvalue weighted by Crippen LogP contribution is -2.51. The molecule has 1 heterocycles. The Morgan fingerprint density at radius 1 is 1.00 bits per heavy atom. The molecule has 2 aliphatic rings. The predicted octanol–water partition coefficient (Wildman–Crippen LogP) is 3.87. The fourth-order valence-corrected chi connectivity index (χ4v) is 6.83. The fourth-order valence-electron chi connectivity index (χ4n) is 5.33. The van der Waals surface area contributed by atoms with Crippen molar-refractivity contribution in [1.82, 2.24) is 14.3 Å². The maximum absolute atomic E-state index is 13.0. The van der Waals surface area contributed by atoms with Crippen LogP contribution in [0.5, 0.6) is 5.75 Å². The van der Waals surface area contributed by atoms with Gasteiger partial charge in [0.15, 0.2) is 0 Å². The molecule has 1 amide bonds. The van der Waals surface area contributed by atoms with Crippen LogP contribution in [0, 0.1) is 5.92 Å². The molecule has 2 aromatic carbocycles. The molecule has 0 radical (unpaired) electrons. The van der Waals surface area contributed by atoms with E-state index in [0.717, 1.165) is 38.5 Å².